The van der Waals surface area contributed by atoms with E-state index in [1.807, 2.05) is 30.3 Å². The molecule has 0 amide bonds. The lowest BCUT2D eigenvalue weighted by atomic mass is 10.1. The molecule has 0 aliphatic carbocycles. The normalized spacial score (nSPS) is 11.8. The topological polar surface area (TPSA) is 69.1 Å². The summed E-state index contributed by atoms with van der Waals surface area (Å²) in [6.45, 7) is 0. The van der Waals surface area contributed by atoms with Crippen LogP contribution >= 0.6 is 0 Å². The van der Waals surface area contributed by atoms with Crippen LogP contribution in [0, 0.1) is 0 Å². The Balaban J connectivity index is 2.82. The monoisotopic (exact) mass is 190 g/mol. The van der Waals surface area contributed by atoms with Gasteiger partial charge in [-0.2, -0.15) is 0 Å². The van der Waals surface area contributed by atoms with Gasteiger partial charge in [-0.15, -0.1) is 0 Å². The summed E-state index contributed by atoms with van der Waals surface area (Å²) < 4.78 is 0. The van der Waals surface area contributed by atoms with E-state index in [-0.39, 0.29) is 0 Å². The predicted molar refractivity (Wildman–Crippen MR) is 57.3 cm³/mol. The van der Waals surface area contributed by atoms with Crippen LogP contribution in [0.15, 0.2) is 36.4 Å². The van der Waals surface area contributed by atoms with Gasteiger partial charge in [0.1, 0.15) is 6.29 Å². The van der Waals surface area contributed by atoms with Crippen molar-refractivity contribution in [1.82, 2.24) is 0 Å². The third-order valence-electron chi connectivity index (χ3n) is 1.84. The summed E-state index contributed by atoms with van der Waals surface area (Å²) in [5, 5.41) is 0. The Morgan fingerprint density at radius 3 is 2.43 bits per heavy atom. The molecule has 3 heteroatoms. The van der Waals surface area contributed by atoms with Gasteiger partial charge in [-0.1, -0.05) is 36.4 Å². The van der Waals surface area contributed by atoms with Gasteiger partial charge in [-0.25, -0.2) is 0 Å². The lowest BCUT2D eigenvalue weighted by Gasteiger charge is -2.02. The van der Waals surface area contributed by atoms with Crippen molar-refractivity contribution >= 4 is 11.9 Å². The molecule has 0 heterocycles. The summed E-state index contributed by atoms with van der Waals surface area (Å²) in [7, 11) is 0. The van der Waals surface area contributed by atoms with Gasteiger partial charge in [0.05, 0.1) is 6.17 Å². The molecule has 3 nitrogen and oxygen atoms in total. The largest absolute Gasteiger partial charge is 0.316 e. The standard InChI is InChI=1S/C11H14N2O/c12-11(13)7-6-10(8-14)9-4-2-1-3-5-9/h1-6,8,11H,7,12-13H2. The Kier molecular flexibility index (Phi) is 4.04. The highest BCUT2D eigenvalue weighted by molar-refractivity contribution is 6.06. The fourth-order valence-corrected chi connectivity index (χ4v) is 1.13. The third-order valence-corrected chi connectivity index (χ3v) is 1.84. The molecule has 0 saturated carbocycles. The van der Waals surface area contributed by atoms with E-state index >= 15 is 0 Å². The number of nitrogens with two attached hydrogens (primary N) is 2. The zero-order valence-electron chi connectivity index (χ0n) is 7.89. The van der Waals surface area contributed by atoms with Crippen LogP contribution in [0.1, 0.15) is 12.0 Å². The number of benzene rings is 1. The van der Waals surface area contributed by atoms with E-state index in [0.717, 1.165) is 11.8 Å². The highest BCUT2D eigenvalue weighted by atomic mass is 16.1. The van der Waals surface area contributed by atoms with Crippen molar-refractivity contribution < 1.29 is 4.79 Å². The molecule has 0 aromatic heterocycles. The van der Waals surface area contributed by atoms with E-state index < -0.39 is 6.17 Å². The minimum absolute atomic E-state index is 0.409. The fourth-order valence-electron chi connectivity index (χ4n) is 1.13. The Labute approximate surface area is 83.4 Å². The maximum atomic E-state index is 10.8. The highest BCUT2D eigenvalue weighted by Gasteiger charge is 1.99. The molecule has 0 bridgehead atoms. The second-order valence-corrected chi connectivity index (χ2v) is 3.04. The number of hydrogen-bond donors (Lipinski definition) is 2. The van der Waals surface area contributed by atoms with Gasteiger partial charge in [-0.05, 0) is 12.0 Å². The summed E-state index contributed by atoms with van der Waals surface area (Å²) >= 11 is 0. The molecule has 0 fully saturated rings. The molecule has 14 heavy (non-hydrogen) atoms. The third kappa shape index (κ3) is 3.12. The van der Waals surface area contributed by atoms with Crippen LogP contribution in [0.3, 0.4) is 0 Å². The molecule has 0 saturated heterocycles. The predicted octanol–water partition coefficient (Wildman–Crippen LogP) is 0.902. The maximum Gasteiger partial charge on any atom is 0.150 e. The number of hydrogen-bond acceptors (Lipinski definition) is 3. The van der Waals surface area contributed by atoms with Crippen molar-refractivity contribution in [2.75, 3.05) is 0 Å². The highest BCUT2D eigenvalue weighted by Crippen LogP contribution is 2.11. The van der Waals surface area contributed by atoms with E-state index in [2.05, 4.69) is 0 Å². The molecule has 0 atom stereocenters. The quantitative estimate of drug-likeness (QED) is 0.421. The minimum Gasteiger partial charge on any atom is -0.316 e. The first-order valence-electron chi connectivity index (χ1n) is 4.46. The smallest absolute Gasteiger partial charge is 0.150 e. The van der Waals surface area contributed by atoms with Crippen molar-refractivity contribution in [3.05, 3.63) is 42.0 Å². The lowest BCUT2D eigenvalue weighted by molar-refractivity contribution is -0.103. The Morgan fingerprint density at radius 1 is 1.29 bits per heavy atom. The second kappa shape index (κ2) is 5.32. The summed E-state index contributed by atoms with van der Waals surface area (Å²) in [6, 6.07) is 9.43. The number of rotatable bonds is 4. The SMILES string of the molecule is NC(N)CC=C(C=O)c1ccccc1. The number of aldehydes is 1. The van der Waals surface area contributed by atoms with Gasteiger partial charge in [0, 0.05) is 5.57 Å². The van der Waals surface area contributed by atoms with Crippen molar-refractivity contribution in [2.45, 2.75) is 12.6 Å². The van der Waals surface area contributed by atoms with E-state index in [1.165, 1.54) is 0 Å². The second-order valence-electron chi connectivity index (χ2n) is 3.04. The van der Waals surface area contributed by atoms with Crippen LogP contribution in [-0.2, 0) is 4.79 Å². The van der Waals surface area contributed by atoms with E-state index in [0.29, 0.717) is 12.0 Å². The maximum absolute atomic E-state index is 10.8. The molecule has 0 aliphatic rings. The van der Waals surface area contributed by atoms with Crippen LogP contribution in [-0.4, -0.2) is 12.5 Å². The van der Waals surface area contributed by atoms with E-state index in [1.54, 1.807) is 6.08 Å². The van der Waals surface area contributed by atoms with Crippen molar-refractivity contribution in [1.29, 1.82) is 0 Å². The zero-order valence-corrected chi connectivity index (χ0v) is 7.89. The average molecular weight is 190 g/mol. The molecule has 1 aromatic carbocycles. The lowest BCUT2D eigenvalue weighted by Crippen LogP contribution is -2.29. The molecular weight excluding hydrogens is 176 g/mol. The molecule has 0 unspecified atom stereocenters. The van der Waals surface area contributed by atoms with Gasteiger partial charge in [-0.3, -0.25) is 4.79 Å². The van der Waals surface area contributed by atoms with E-state index in [4.69, 9.17) is 11.5 Å². The van der Waals surface area contributed by atoms with Gasteiger partial charge >= 0.3 is 0 Å². The van der Waals surface area contributed by atoms with Crippen LogP contribution in [0.25, 0.3) is 5.57 Å². The summed E-state index contributed by atoms with van der Waals surface area (Å²) in [5.41, 5.74) is 12.3. The minimum atomic E-state index is -0.409. The van der Waals surface area contributed by atoms with E-state index in [9.17, 15) is 4.79 Å². The zero-order chi connectivity index (χ0) is 10.4. The van der Waals surface area contributed by atoms with Crippen molar-refractivity contribution in [3.8, 4) is 0 Å². The average Bonchev–Trinajstić information content (AvgIpc) is 2.20. The van der Waals surface area contributed by atoms with Gasteiger partial charge in [0.15, 0.2) is 0 Å². The van der Waals surface area contributed by atoms with Crippen molar-refractivity contribution in [3.63, 3.8) is 0 Å². The number of carbonyl (C=O) groups is 1. The van der Waals surface area contributed by atoms with Crippen LogP contribution in [0.4, 0.5) is 0 Å². The summed E-state index contributed by atoms with van der Waals surface area (Å²) in [6.07, 6.45) is 2.67. The van der Waals surface area contributed by atoms with Crippen LogP contribution < -0.4 is 11.5 Å². The molecule has 74 valence electrons. The summed E-state index contributed by atoms with van der Waals surface area (Å²) in [5.74, 6) is 0. The molecule has 1 aromatic rings. The molecule has 0 radical (unpaired) electrons. The molecule has 0 spiro atoms. The Morgan fingerprint density at radius 2 is 1.93 bits per heavy atom. The van der Waals surface area contributed by atoms with Crippen molar-refractivity contribution in [2.24, 2.45) is 11.5 Å². The first kappa shape index (κ1) is 10.6. The molecule has 1 rings (SSSR count). The van der Waals surface area contributed by atoms with Gasteiger partial charge in [0.2, 0.25) is 0 Å². The first-order valence-corrected chi connectivity index (χ1v) is 4.46. The number of carbonyl (C=O) groups excluding carboxylic acids is 1. The van der Waals surface area contributed by atoms with Crippen LogP contribution in [0.2, 0.25) is 0 Å². The first-order chi connectivity index (χ1) is 6.74. The summed E-state index contributed by atoms with van der Waals surface area (Å²) in [4.78, 5) is 10.8. The van der Waals surface area contributed by atoms with Gasteiger partial charge in [0.25, 0.3) is 0 Å². The molecule has 0 aliphatic heterocycles. The number of allylic oxidation sites excluding steroid dienone is 1. The Hall–Kier alpha value is -1.45. The molecular formula is C11H14N2O. The van der Waals surface area contributed by atoms with Gasteiger partial charge < -0.3 is 11.5 Å². The van der Waals surface area contributed by atoms with Crippen LogP contribution in [0.5, 0.6) is 0 Å². The molecule has 4 N–H and O–H groups in total. The fraction of sp³-hybridized carbons (Fsp3) is 0.182. The Bertz CT molecular complexity index is 317.